The molecule has 2 aromatic rings. The number of nitrogens with zero attached hydrogens (tertiary/aromatic N) is 1. The molecule has 0 aliphatic rings. The summed E-state index contributed by atoms with van der Waals surface area (Å²) in [7, 11) is 1.59. The number of rotatable bonds is 6. The van der Waals surface area contributed by atoms with Gasteiger partial charge in [-0.1, -0.05) is 30.3 Å². The minimum atomic E-state index is -0.497. The second-order valence-electron chi connectivity index (χ2n) is 4.76. The average Bonchev–Trinajstić information content (AvgIpc) is 2.46. The van der Waals surface area contributed by atoms with Gasteiger partial charge in [-0.05, 0) is 23.8 Å². The molecule has 4 nitrogen and oxygen atoms in total. The topological polar surface area (TPSA) is 55.6 Å². The Kier molecular flexibility index (Phi) is 5.03. The van der Waals surface area contributed by atoms with Crippen LogP contribution in [0, 0.1) is 5.82 Å². The van der Waals surface area contributed by atoms with Gasteiger partial charge >= 0.3 is 0 Å². The molecule has 0 amide bonds. The minimum Gasteiger partial charge on any atom is -0.486 e. The van der Waals surface area contributed by atoms with Crippen LogP contribution >= 0.6 is 0 Å². The first-order valence-electron chi connectivity index (χ1n) is 6.51. The molecule has 2 N–H and O–H groups in total. The molecule has 0 aliphatic heterocycles. The summed E-state index contributed by atoms with van der Waals surface area (Å²) < 4.78 is 19.2. The second-order valence-corrected chi connectivity index (χ2v) is 4.76. The van der Waals surface area contributed by atoms with E-state index in [0.29, 0.717) is 5.56 Å². The number of ether oxygens (including phenoxy) is 1. The van der Waals surface area contributed by atoms with E-state index in [1.165, 1.54) is 23.2 Å². The van der Waals surface area contributed by atoms with Crippen LogP contribution in [0.1, 0.15) is 15.9 Å². The van der Waals surface area contributed by atoms with Crippen LogP contribution in [-0.4, -0.2) is 24.4 Å². The SMILES string of the molecule is CN(N)CC(=O)c1ccc(F)c(OCc2ccccc2)c1. The number of hydrazine groups is 1. The Bertz CT molecular complexity index is 615. The summed E-state index contributed by atoms with van der Waals surface area (Å²) in [5, 5.41) is 1.27. The molecule has 0 radical (unpaired) electrons. The lowest BCUT2D eigenvalue weighted by atomic mass is 10.1. The van der Waals surface area contributed by atoms with E-state index in [9.17, 15) is 9.18 Å². The van der Waals surface area contributed by atoms with Gasteiger partial charge < -0.3 is 4.74 Å². The molecule has 0 spiro atoms. The number of Topliss-reactive ketones (excluding diaryl/α,β-unsaturated/α-hetero) is 1. The maximum Gasteiger partial charge on any atom is 0.178 e. The van der Waals surface area contributed by atoms with E-state index in [0.717, 1.165) is 5.56 Å². The fourth-order valence-corrected chi connectivity index (χ4v) is 1.84. The van der Waals surface area contributed by atoms with Crippen LogP contribution in [0.15, 0.2) is 48.5 Å². The summed E-state index contributed by atoms with van der Waals surface area (Å²) in [6.45, 7) is 0.302. The first kappa shape index (κ1) is 15.2. The first-order chi connectivity index (χ1) is 10.1. The number of halogens is 1. The van der Waals surface area contributed by atoms with E-state index in [-0.39, 0.29) is 24.7 Å². The molecule has 21 heavy (non-hydrogen) atoms. The molecule has 2 rings (SSSR count). The number of hydrogen-bond acceptors (Lipinski definition) is 4. The molecule has 0 saturated heterocycles. The third kappa shape index (κ3) is 4.37. The predicted molar refractivity (Wildman–Crippen MR) is 78.3 cm³/mol. The lowest BCUT2D eigenvalue weighted by Gasteiger charge is -2.11. The molecule has 0 fully saturated rings. The fourth-order valence-electron chi connectivity index (χ4n) is 1.84. The van der Waals surface area contributed by atoms with Crippen LogP contribution in [0.2, 0.25) is 0 Å². The van der Waals surface area contributed by atoms with Crippen molar-refractivity contribution in [2.45, 2.75) is 6.61 Å². The van der Waals surface area contributed by atoms with E-state index in [4.69, 9.17) is 10.6 Å². The third-order valence-electron chi connectivity index (χ3n) is 2.88. The van der Waals surface area contributed by atoms with Crippen molar-refractivity contribution in [3.8, 4) is 5.75 Å². The van der Waals surface area contributed by atoms with Crippen molar-refractivity contribution in [2.24, 2.45) is 5.84 Å². The average molecular weight is 288 g/mol. The molecule has 0 aromatic heterocycles. The number of hydrogen-bond donors (Lipinski definition) is 1. The lowest BCUT2D eigenvalue weighted by Crippen LogP contribution is -2.31. The molecule has 2 aromatic carbocycles. The van der Waals surface area contributed by atoms with Gasteiger partial charge in [0.25, 0.3) is 0 Å². The molecule has 0 saturated carbocycles. The van der Waals surface area contributed by atoms with Crippen molar-refractivity contribution in [2.75, 3.05) is 13.6 Å². The van der Waals surface area contributed by atoms with Crippen LogP contribution in [-0.2, 0) is 6.61 Å². The van der Waals surface area contributed by atoms with Gasteiger partial charge in [0.15, 0.2) is 17.3 Å². The summed E-state index contributed by atoms with van der Waals surface area (Å²) in [5.41, 5.74) is 1.30. The Balaban J connectivity index is 2.10. The second kappa shape index (κ2) is 6.97. The standard InChI is InChI=1S/C16H17FN2O2/c1-19(18)10-15(20)13-7-8-14(17)16(9-13)21-11-12-5-3-2-4-6-12/h2-9H,10-11,18H2,1H3. The zero-order chi connectivity index (χ0) is 15.2. The maximum absolute atomic E-state index is 13.7. The minimum absolute atomic E-state index is 0.0593. The maximum atomic E-state index is 13.7. The van der Waals surface area contributed by atoms with Crippen molar-refractivity contribution in [1.29, 1.82) is 0 Å². The van der Waals surface area contributed by atoms with Crippen molar-refractivity contribution in [1.82, 2.24) is 5.01 Å². The Morgan fingerprint density at radius 3 is 2.62 bits per heavy atom. The summed E-state index contributed by atoms with van der Waals surface area (Å²) in [6.07, 6.45) is 0. The molecule has 0 bridgehead atoms. The van der Waals surface area contributed by atoms with Gasteiger partial charge in [0.05, 0.1) is 6.54 Å². The van der Waals surface area contributed by atoms with Gasteiger partial charge in [-0.15, -0.1) is 0 Å². The van der Waals surface area contributed by atoms with Gasteiger partial charge in [0.2, 0.25) is 0 Å². The summed E-state index contributed by atoms with van der Waals surface area (Å²) >= 11 is 0. The molecule has 0 unspecified atom stereocenters. The van der Waals surface area contributed by atoms with E-state index in [1.807, 2.05) is 30.3 Å². The van der Waals surface area contributed by atoms with Crippen molar-refractivity contribution >= 4 is 5.78 Å². The van der Waals surface area contributed by atoms with Crippen molar-refractivity contribution in [3.05, 3.63) is 65.5 Å². The summed E-state index contributed by atoms with van der Waals surface area (Å²) in [4.78, 5) is 11.9. The van der Waals surface area contributed by atoms with Crippen LogP contribution in [0.3, 0.4) is 0 Å². The number of carbonyl (C=O) groups is 1. The molecule has 110 valence electrons. The zero-order valence-electron chi connectivity index (χ0n) is 11.8. The van der Waals surface area contributed by atoms with Gasteiger partial charge in [0, 0.05) is 12.6 Å². The molecule has 0 heterocycles. The third-order valence-corrected chi connectivity index (χ3v) is 2.88. The van der Waals surface area contributed by atoms with Crippen LogP contribution in [0.5, 0.6) is 5.75 Å². The van der Waals surface area contributed by atoms with Gasteiger partial charge in [-0.2, -0.15) is 0 Å². The quantitative estimate of drug-likeness (QED) is 0.504. The highest BCUT2D eigenvalue weighted by atomic mass is 19.1. The summed E-state index contributed by atoms with van der Waals surface area (Å²) in [5.74, 6) is 4.81. The van der Waals surface area contributed by atoms with Crippen LogP contribution < -0.4 is 10.6 Å². The number of benzene rings is 2. The highest BCUT2D eigenvalue weighted by Crippen LogP contribution is 2.20. The van der Waals surface area contributed by atoms with E-state index < -0.39 is 5.82 Å². The van der Waals surface area contributed by atoms with Gasteiger partial charge in [0.1, 0.15) is 6.61 Å². The Hall–Kier alpha value is -2.24. The monoisotopic (exact) mass is 288 g/mol. The van der Waals surface area contributed by atoms with Crippen molar-refractivity contribution < 1.29 is 13.9 Å². The van der Waals surface area contributed by atoms with Crippen LogP contribution in [0.4, 0.5) is 4.39 Å². The normalized spacial score (nSPS) is 10.7. The number of ketones is 1. The highest BCUT2D eigenvalue weighted by Gasteiger charge is 2.12. The van der Waals surface area contributed by atoms with Crippen LogP contribution in [0.25, 0.3) is 0 Å². The molecule has 0 aliphatic carbocycles. The Morgan fingerprint density at radius 1 is 1.24 bits per heavy atom. The van der Waals surface area contributed by atoms with Crippen molar-refractivity contribution in [3.63, 3.8) is 0 Å². The molecular formula is C16H17FN2O2. The molecule has 5 heteroatoms. The summed E-state index contributed by atoms with van der Waals surface area (Å²) in [6, 6.07) is 13.5. The highest BCUT2D eigenvalue weighted by molar-refractivity contribution is 5.97. The predicted octanol–water partition coefficient (Wildman–Crippen LogP) is 2.39. The molecular weight excluding hydrogens is 271 g/mol. The van der Waals surface area contributed by atoms with Gasteiger partial charge in [-0.25, -0.2) is 9.40 Å². The van der Waals surface area contributed by atoms with E-state index in [1.54, 1.807) is 7.05 Å². The number of carbonyl (C=O) groups excluding carboxylic acids is 1. The zero-order valence-corrected chi connectivity index (χ0v) is 11.8. The van der Waals surface area contributed by atoms with E-state index >= 15 is 0 Å². The molecule has 0 atom stereocenters. The fraction of sp³-hybridized carbons (Fsp3) is 0.188. The lowest BCUT2D eigenvalue weighted by molar-refractivity contribution is 0.0946. The Labute approximate surface area is 122 Å². The largest absolute Gasteiger partial charge is 0.486 e. The number of nitrogens with two attached hydrogens (primary N) is 1. The van der Waals surface area contributed by atoms with E-state index in [2.05, 4.69) is 0 Å². The number of likely N-dealkylation sites (N-methyl/N-ethyl adjacent to an activating group) is 1. The van der Waals surface area contributed by atoms with Gasteiger partial charge in [-0.3, -0.25) is 10.6 Å². The Morgan fingerprint density at radius 2 is 1.95 bits per heavy atom. The smallest absolute Gasteiger partial charge is 0.178 e. The first-order valence-corrected chi connectivity index (χ1v) is 6.51.